The van der Waals surface area contributed by atoms with Crippen molar-refractivity contribution in [2.75, 3.05) is 14.2 Å². The van der Waals surface area contributed by atoms with E-state index in [4.69, 9.17) is 14.2 Å². The molecule has 0 spiro atoms. The molecule has 25 heavy (non-hydrogen) atoms. The molecule has 5 heteroatoms. The first-order chi connectivity index (χ1) is 12.0. The number of hydrogen-bond donors (Lipinski definition) is 0. The Morgan fingerprint density at radius 2 is 1.88 bits per heavy atom. The van der Waals surface area contributed by atoms with Gasteiger partial charge in [0.1, 0.15) is 23.2 Å². The zero-order valence-corrected chi connectivity index (χ0v) is 14.9. The highest BCUT2D eigenvalue weighted by atomic mass is 16.5. The Bertz CT molecular complexity index is 688. The number of rotatable bonds is 2. The Kier molecular flexibility index (Phi) is 6.81. The van der Waals surface area contributed by atoms with Crippen LogP contribution in [-0.2, 0) is 9.53 Å². The number of allylic oxidation sites excluding steroid dienone is 2. The summed E-state index contributed by atoms with van der Waals surface area (Å²) < 4.78 is 16.2. The lowest BCUT2D eigenvalue weighted by molar-refractivity contribution is -0.114. The molecule has 0 fully saturated rings. The molecule has 0 N–H and O–H groups in total. The van der Waals surface area contributed by atoms with Crippen LogP contribution in [0.2, 0.25) is 0 Å². The predicted molar refractivity (Wildman–Crippen MR) is 96.1 cm³/mol. The number of fused-ring (bicyclic) bond motifs is 1. The molecule has 1 atom stereocenters. The van der Waals surface area contributed by atoms with Crippen molar-refractivity contribution in [2.45, 2.75) is 38.7 Å². The minimum atomic E-state index is -0.455. The molecule has 1 aromatic rings. The lowest BCUT2D eigenvalue weighted by Crippen LogP contribution is -2.16. The molecule has 0 aliphatic carbocycles. The van der Waals surface area contributed by atoms with Crippen molar-refractivity contribution in [3.8, 4) is 11.5 Å². The number of cyclic esters (lactones) is 1. The van der Waals surface area contributed by atoms with Gasteiger partial charge in [-0.05, 0) is 37.5 Å². The summed E-state index contributed by atoms with van der Waals surface area (Å²) >= 11 is 0. The van der Waals surface area contributed by atoms with Gasteiger partial charge in [-0.25, -0.2) is 4.79 Å². The molecule has 1 aromatic carbocycles. The highest BCUT2D eigenvalue weighted by molar-refractivity contribution is 5.97. The number of esters is 1. The minimum Gasteiger partial charge on any atom is -0.497 e. The predicted octanol–water partition coefficient (Wildman–Crippen LogP) is 3.96. The average molecular weight is 344 g/mol. The first-order valence-corrected chi connectivity index (χ1v) is 8.38. The normalized spacial score (nSPS) is 21.5. The van der Waals surface area contributed by atoms with Crippen molar-refractivity contribution in [1.82, 2.24) is 0 Å². The molecule has 5 nitrogen and oxygen atoms in total. The quantitative estimate of drug-likeness (QED) is 0.760. The summed E-state index contributed by atoms with van der Waals surface area (Å²) in [6.07, 6.45) is 9.26. The van der Waals surface area contributed by atoms with Crippen LogP contribution in [0.4, 0.5) is 0 Å². The molecule has 0 saturated carbocycles. The molecule has 0 saturated heterocycles. The second-order valence-corrected chi connectivity index (χ2v) is 5.91. The van der Waals surface area contributed by atoms with E-state index in [9.17, 15) is 9.59 Å². The van der Waals surface area contributed by atoms with Crippen LogP contribution in [0.5, 0.6) is 11.5 Å². The van der Waals surface area contributed by atoms with Crippen molar-refractivity contribution in [2.24, 2.45) is 0 Å². The Balaban J connectivity index is 2.43. The van der Waals surface area contributed by atoms with Crippen molar-refractivity contribution in [3.05, 3.63) is 41.5 Å². The molecule has 0 aromatic heterocycles. The number of benzene rings is 1. The van der Waals surface area contributed by atoms with Crippen LogP contribution >= 0.6 is 0 Å². The Labute approximate surface area is 148 Å². The second kappa shape index (κ2) is 9.06. The summed E-state index contributed by atoms with van der Waals surface area (Å²) in [7, 11) is 3.07. The molecule has 0 unspecified atom stereocenters. The van der Waals surface area contributed by atoms with Crippen LogP contribution in [0.1, 0.15) is 48.5 Å². The molecule has 1 aliphatic heterocycles. The summed E-state index contributed by atoms with van der Waals surface area (Å²) in [5.41, 5.74) is 1.05. The highest BCUT2D eigenvalue weighted by Gasteiger charge is 2.21. The third kappa shape index (κ3) is 5.21. The van der Waals surface area contributed by atoms with Crippen molar-refractivity contribution in [1.29, 1.82) is 0 Å². The van der Waals surface area contributed by atoms with E-state index in [1.165, 1.54) is 7.11 Å². The van der Waals surface area contributed by atoms with Gasteiger partial charge in [-0.3, -0.25) is 4.79 Å². The lowest BCUT2D eigenvalue weighted by Gasteiger charge is -2.16. The Morgan fingerprint density at radius 1 is 1.08 bits per heavy atom. The number of hydrogen-bond acceptors (Lipinski definition) is 5. The monoisotopic (exact) mass is 344 g/mol. The number of carbonyl (C=O) groups excluding carboxylic acids is 2. The van der Waals surface area contributed by atoms with Crippen LogP contribution in [0, 0.1) is 0 Å². The smallest absolute Gasteiger partial charge is 0.342 e. The summed E-state index contributed by atoms with van der Waals surface area (Å²) in [5, 5.41) is 0. The van der Waals surface area contributed by atoms with Crippen molar-refractivity contribution in [3.63, 3.8) is 0 Å². The van der Waals surface area contributed by atoms with E-state index in [0.717, 1.165) is 12.8 Å². The van der Waals surface area contributed by atoms with Crippen molar-refractivity contribution >= 4 is 17.8 Å². The molecule has 134 valence electrons. The maximum Gasteiger partial charge on any atom is 0.342 e. The van der Waals surface area contributed by atoms with E-state index >= 15 is 0 Å². The highest BCUT2D eigenvalue weighted by Crippen LogP contribution is 2.31. The number of ether oxygens (including phenoxy) is 3. The standard InChI is InChI=1S/C20H24O5/c1-14-8-7-11-16(21)10-6-4-5-9-15-12-17(23-2)13-18(24-3)19(15)20(22)25-14/h5,7,9,11-14H,4,6,8,10H2,1-3H3/b9-5+,11-7+/t14-/m0/s1. The Morgan fingerprint density at radius 3 is 2.60 bits per heavy atom. The van der Waals surface area contributed by atoms with E-state index in [1.54, 1.807) is 38.3 Å². The van der Waals surface area contributed by atoms with Gasteiger partial charge in [0.15, 0.2) is 5.78 Å². The summed E-state index contributed by atoms with van der Waals surface area (Å²) in [6.45, 7) is 1.80. The van der Waals surface area contributed by atoms with Gasteiger partial charge in [0.05, 0.1) is 14.2 Å². The lowest BCUT2D eigenvalue weighted by atomic mass is 10.0. The van der Waals surface area contributed by atoms with Gasteiger partial charge in [-0.1, -0.05) is 18.2 Å². The fraction of sp³-hybridized carbons (Fsp3) is 0.400. The van der Waals surface area contributed by atoms with Gasteiger partial charge in [-0.2, -0.15) is 0 Å². The van der Waals surface area contributed by atoms with Gasteiger partial charge in [0, 0.05) is 18.9 Å². The van der Waals surface area contributed by atoms with Gasteiger partial charge in [0.2, 0.25) is 0 Å². The van der Waals surface area contributed by atoms with E-state index in [1.807, 2.05) is 12.2 Å². The first kappa shape index (κ1) is 18.8. The van der Waals surface area contributed by atoms with Gasteiger partial charge >= 0.3 is 5.97 Å². The number of ketones is 1. The van der Waals surface area contributed by atoms with E-state index in [0.29, 0.717) is 35.5 Å². The fourth-order valence-corrected chi connectivity index (χ4v) is 2.61. The summed E-state index contributed by atoms with van der Waals surface area (Å²) in [6, 6.07) is 3.44. The van der Waals surface area contributed by atoms with Crippen LogP contribution in [0.15, 0.2) is 30.4 Å². The molecule has 1 heterocycles. The molecular formula is C20H24O5. The number of methoxy groups -OCH3 is 2. The van der Waals surface area contributed by atoms with E-state index < -0.39 is 5.97 Å². The maximum atomic E-state index is 12.7. The van der Waals surface area contributed by atoms with Crippen molar-refractivity contribution < 1.29 is 23.8 Å². The third-order valence-corrected chi connectivity index (χ3v) is 3.94. The minimum absolute atomic E-state index is 0.0905. The number of carbonyl (C=O) groups is 2. The molecule has 0 radical (unpaired) electrons. The van der Waals surface area contributed by atoms with Crippen LogP contribution in [-0.4, -0.2) is 32.1 Å². The van der Waals surface area contributed by atoms with Gasteiger partial charge < -0.3 is 14.2 Å². The van der Waals surface area contributed by atoms with Gasteiger partial charge in [-0.15, -0.1) is 0 Å². The van der Waals surface area contributed by atoms with E-state index in [2.05, 4.69) is 0 Å². The SMILES string of the molecule is COc1cc2c(c(OC)c1)C(=O)O[C@@H](C)C/C=C/C(=O)CCC/C=C/2. The van der Waals surface area contributed by atoms with Gasteiger partial charge in [0.25, 0.3) is 0 Å². The van der Waals surface area contributed by atoms with Crippen LogP contribution < -0.4 is 9.47 Å². The summed E-state index contributed by atoms with van der Waals surface area (Å²) in [4.78, 5) is 24.4. The zero-order valence-electron chi connectivity index (χ0n) is 14.9. The van der Waals surface area contributed by atoms with Crippen LogP contribution in [0.3, 0.4) is 0 Å². The molecular weight excluding hydrogens is 320 g/mol. The second-order valence-electron chi connectivity index (χ2n) is 5.91. The maximum absolute atomic E-state index is 12.7. The molecule has 2 rings (SSSR count). The Hall–Kier alpha value is -2.56. The molecule has 1 aliphatic rings. The van der Waals surface area contributed by atoms with E-state index in [-0.39, 0.29) is 11.9 Å². The topological polar surface area (TPSA) is 61.8 Å². The molecule has 0 amide bonds. The molecule has 0 bridgehead atoms. The third-order valence-electron chi connectivity index (χ3n) is 3.94. The first-order valence-electron chi connectivity index (χ1n) is 8.38. The average Bonchev–Trinajstić information content (AvgIpc) is 2.59. The summed E-state index contributed by atoms with van der Waals surface area (Å²) in [5.74, 6) is 0.644. The van der Waals surface area contributed by atoms with Crippen LogP contribution in [0.25, 0.3) is 6.08 Å². The fourth-order valence-electron chi connectivity index (χ4n) is 2.61. The largest absolute Gasteiger partial charge is 0.497 e. The zero-order chi connectivity index (χ0) is 18.2.